The molecule has 0 bridgehead atoms. The minimum Gasteiger partial charge on any atom is -0.395 e. The lowest BCUT2D eigenvalue weighted by atomic mass is 10.2. The van der Waals surface area contributed by atoms with Crippen molar-refractivity contribution in [3.63, 3.8) is 0 Å². The number of hydrogen-bond donors (Lipinski definition) is 1. The molecule has 2 aromatic rings. The Hall–Kier alpha value is -2.25. The fourth-order valence-electron chi connectivity index (χ4n) is 3.22. The quantitative estimate of drug-likeness (QED) is 0.826. The second-order valence-corrected chi connectivity index (χ2v) is 6.00. The Kier molecular flexibility index (Phi) is 5.45. The Morgan fingerprint density at radius 3 is 2.88 bits per heavy atom. The smallest absolute Gasteiger partial charge is 0.274 e. The second-order valence-electron chi connectivity index (χ2n) is 6.00. The standard InChI is InChI=1S/C18H22FN3O3/c1-25-12-10-21(9-11-23)18(24)17-13-5-4-8-15(13)22(20-17)16-7-3-2-6-14(16)19/h2-3,6-7,23H,4-5,8-12H2,1H3. The van der Waals surface area contributed by atoms with Crippen molar-refractivity contribution in [2.75, 3.05) is 33.4 Å². The van der Waals surface area contributed by atoms with Gasteiger partial charge in [-0.3, -0.25) is 4.79 Å². The van der Waals surface area contributed by atoms with E-state index in [0.717, 1.165) is 30.5 Å². The van der Waals surface area contributed by atoms with Crippen LogP contribution in [0.3, 0.4) is 0 Å². The van der Waals surface area contributed by atoms with Crippen molar-refractivity contribution < 1.29 is 19.0 Å². The van der Waals surface area contributed by atoms with Gasteiger partial charge in [0, 0.05) is 31.5 Å². The lowest BCUT2D eigenvalue weighted by Gasteiger charge is -2.20. The molecule has 25 heavy (non-hydrogen) atoms. The summed E-state index contributed by atoms with van der Waals surface area (Å²) in [6.07, 6.45) is 2.43. The number of amides is 1. The van der Waals surface area contributed by atoms with E-state index in [1.165, 1.54) is 11.0 Å². The van der Waals surface area contributed by atoms with Crippen molar-refractivity contribution in [3.05, 3.63) is 47.0 Å². The van der Waals surface area contributed by atoms with Crippen LogP contribution in [0.1, 0.15) is 28.2 Å². The Balaban J connectivity index is 1.99. The molecule has 3 rings (SSSR count). The zero-order chi connectivity index (χ0) is 17.8. The SMILES string of the molecule is COCCN(CCO)C(=O)c1nn(-c2ccccc2F)c2c1CCC2. The number of benzene rings is 1. The van der Waals surface area contributed by atoms with Gasteiger partial charge in [-0.25, -0.2) is 9.07 Å². The van der Waals surface area contributed by atoms with E-state index in [4.69, 9.17) is 4.74 Å². The Morgan fingerprint density at radius 1 is 1.36 bits per heavy atom. The van der Waals surface area contributed by atoms with Gasteiger partial charge in [-0.05, 0) is 31.4 Å². The molecule has 0 spiro atoms. The van der Waals surface area contributed by atoms with Crippen LogP contribution in [-0.2, 0) is 17.6 Å². The number of para-hydroxylation sites is 1. The van der Waals surface area contributed by atoms with Gasteiger partial charge >= 0.3 is 0 Å². The van der Waals surface area contributed by atoms with Crippen LogP contribution in [0.25, 0.3) is 5.69 Å². The van der Waals surface area contributed by atoms with E-state index in [0.29, 0.717) is 24.5 Å². The van der Waals surface area contributed by atoms with Gasteiger partial charge in [0.25, 0.3) is 5.91 Å². The molecule has 1 aromatic carbocycles. The van der Waals surface area contributed by atoms with Crippen LogP contribution in [0.5, 0.6) is 0 Å². The highest BCUT2D eigenvalue weighted by Crippen LogP contribution is 2.29. The summed E-state index contributed by atoms with van der Waals surface area (Å²) in [5, 5.41) is 13.7. The van der Waals surface area contributed by atoms with Crippen molar-refractivity contribution in [2.24, 2.45) is 0 Å². The number of halogens is 1. The molecule has 0 atom stereocenters. The van der Waals surface area contributed by atoms with Gasteiger partial charge < -0.3 is 14.7 Å². The molecule has 1 aliphatic carbocycles. The average molecular weight is 347 g/mol. The number of rotatable bonds is 7. The number of carbonyl (C=O) groups is 1. The third-order valence-electron chi connectivity index (χ3n) is 4.44. The molecule has 0 unspecified atom stereocenters. The zero-order valence-corrected chi connectivity index (χ0v) is 14.2. The third-order valence-corrected chi connectivity index (χ3v) is 4.44. The van der Waals surface area contributed by atoms with Crippen LogP contribution in [0, 0.1) is 5.82 Å². The molecule has 1 aliphatic rings. The normalized spacial score (nSPS) is 13.1. The first-order chi connectivity index (χ1) is 12.2. The highest BCUT2D eigenvalue weighted by atomic mass is 19.1. The van der Waals surface area contributed by atoms with Crippen LogP contribution in [0.4, 0.5) is 4.39 Å². The molecule has 1 N–H and O–H groups in total. The first-order valence-electron chi connectivity index (χ1n) is 8.42. The summed E-state index contributed by atoms with van der Waals surface area (Å²) < 4.78 is 20.8. The van der Waals surface area contributed by atoms with Crippen molar-refractivity contribution in [1.82, 2.24) is 14.7 Å². The maximum absolute atomic E-state index is 14.2. The van der Waals surface area contributed by atoms with E-state index in [9.17, 15) is 14.3 Å². The summed E-state index contributed by atoms with van der Waals surface area (Å²) in [5.74, 6) is -0.621. The predicted octanol–water partition coefficient (Wildman–Crippen LogP) is 1.58. The van der Waals surface area contributed by atoms with Gasteiger partial charge in [-0.15, -0.1) is 0 Å². The van der Waals surface area contributed by atoms with Crippen LogP contribution >= 0.6 is 0 Å². The topological polar surface area (TPSA) is 67.6 Å². The second kappa shape index (κ2) is 7.76. The van der Waals surface area contributed by atoms with E-state index >= 15 is 0 Å². The summed E-state index contributed by atoms with van der Waals surface area (Å²) in [5.41, 5.74) is 2.48. The Morgan fingerprint density at radius 2 is 2.16 bits per heavy atom. The number of fused-ring (bicyclic) bond motifs is 1. The van der Waals surface area contributed by atoms with Gasteiger partial charge in [-0.2, -0.15) is 5.10 Å². The van der Waals surface area contributed by atoms with Crippen LogP contribution in [0.15, 0.2) is 24.3 Å². The molecule has 0 saturated heterocycles. The number of ether oxygens (including phenoxy) is 1. The molecule has 134 valence electrons. The lowest BCUT2D eigenvalue weighted by Crippen LogP contribution is -2.36. The minimum absolute atomic E-state index is 0.133. The Bertz CT molecular complexity index is 760. The van der Waals surface area contributed by atoms with Crippen LogP contribution in [-0.4, -0.2) is 59.1 Å². The molecule has 0 saturated carbocycles. The Labute approximate surface area is 145 Å². The van der Waals surface area contributed by atoms with E-state index in [-0.39, 0.29) is 24.9 Å². The third kappa shape index (κ3) is 3.43. The summed E-state index contributed by atoms with van der Waals surface area (Å²) in [4.78, 5) is 14.4. The predicted molar refractivity (Wildman–Crippen MR) is 90.4 cm³/mol. The van der Waals surface area contributed by atoms with Gasteiger partial charge in [-0.1, -0.05) is 12.1 Å². The largest absolute Gasteiger partial charge is 0.395 e. The van der Waals surface area contributed by atoms with Gasteiger partial charge in [0.15, 0.2) is 5.69 Å². The fourth-order valence-corrected chi connectivity index (χ4v) is 3.22. The van der Waals surface area contributed by atoms with Gasteiger partial charge in [0.05, 0.1) is 13.2 Å². The van der Waals surface area contributed by atoms with E-state index in [1.54, 1.807) is 30.0 Å². The molecule has 1 aromatic heterocycles. The first kappa shape index (κ1) is 17.6. The minimum atomic E-state index is -0.370. The molecular formula is C18H22FN3O3. The fraction of sp³-hybridized carbons (Fsp3) is 0.444. The van der Waals surface area contributed by atoms with Crippen LogP contribution in [0.2, 0.25) is 0 Å². The van der Waals surface area contributed by atoms with Crippen molar-refractivity contribution in [2.45, 2.75) is 19.3 Å². The summed E-state index contributed by atoms with van der Waals surface area (Å²) in [7, 11) is 1.56. The molecule has 0 radical (unpaired) electrons. The number of aliphatic hydroxyl groups excluding tert-OH is 1. The number of methoxy groups -OCH3 is 1. The van der Waals surface area contributed by atoms with Crippen molar-refractivity contribution in [3.8, 4) is 5.69 Å². The van der Waals surface area contributed by atoms with Crippen molar-refractivity contribution >= 4 is 5.91 Å². The highest BCUT2D eigenvalue weighted by molar-refractivity contribution is 5.94. The highest BCUT2D eigenvalue weighted by Gasteiger charge is 2.30. The van der Waals surface area contributed by atoms with E-state index in [1.807, 2.05) is 0 Å². The molecule has 1 amide bonds. The maximum atomic E-state index is 14.2. The molecule has 0 fully saturated rings. The van der Waals surface area contributed by atoms with E-state index in [2.05, 4.69) is 5.10 Å². The monoisotopic (exact) mass is 347 g/mol. The number of aromatic nitrogens is 2. The van der Waals surface area contributed by atoms with Gasteiger partial charge in [0.1, 0.15) is 11.5 Å². The first-order valence-corrected chi connectivity index (χ1v) is 8.42. The molecule has 1 heterocycles. The zero-order valence-electron chi connectivity index (χ0n) is 14.2. The number of nitrogens with zero attached hydrogens (tertiary/aromatic N) is 3. The number of carbonyl (C=O) groups excluding carboxylic acids is 1. The molecule has 0 aliphatic heterocycles. The van der Waals surface area contributed by atoms with Gasteiger partial charge in [0.2, 0.25) is 0 Å². The summed E-state index contributed by atoms with van der Waals surface area (Å²) >= 11 is 0. The lowest BCUT2D eigenvalue weighted by molar-refractivity contribution is 0.0649. The molecule has 6 nitrogen and oxygen atoms in total. The summed E-state index contributed by atoms with van der Waals surface area (Å²) in [6, 6.07) is 6.42. The van der Waals surface area contributed by atoms with E-state index < -0.39 is 0 Å². The maximum Gasteiger partial charge on any atom is 0.274 e. The molecule has 7 heteroatoms. The van der Waals surface area contributed by atoms with Crippen LogP contribution < -0.4 is 0 Å². The summed E-state index contributed by atoms with van der Waals surface area (Å²) in [6.45, 7) is 0.828. The number of aliphatic hydroxyl groups is 1. The average Bonchev–Trinajstić information content (AvgIpc) is 3.21. The molecular weight excluding hydrogens is 325 g/mol. The van der Waals surface area contributed by atoms with Crippen molar-refractivity contribution in [1.29, 1.82) is 0 Å². The number of hydrogen-bond acceptors (Lipinski definition) is 4.